The molecule has 0 heterocycles. The summed E-state index contributed by atoms with van der Waals surface area (Å²) in [6.07, 6.45) is 2.07. The number of nitrogens with two attached hydrogens (primary N) is 1. The number of fused-ring (bicyclic) bond motifs is 1. The van der Waals surface area contributed by atoms with E-state index in [2.05, 4.69) is 45.0 Å². The molecule has 0 spiro atoms. The third-order valence-corrected chi connectivity index (χ3v) is 3.19. The van der Waals surface area contributed by atoms with Gasteiger partial charge in [-0.25, -0.2) is 0 Å². The minimum atomic E-state index is -0.0438. The first-order valence-corrected chi connectivity index (χ1v) is 5.28. The van der Waals surface area contributed by atoms with Gasteiger partial charge in [0.1, 0.15) is 0 Å². The average molecular weight is 226 g/mol. The molecule has 0 aromatic heterocycles. The lowest BCUT2D eigenvalue weighted by molar-refractivity contribution is 0.299. The zero-order valence-electron chi connectivity index (χ0n) is 9.71. The minimum absolute atomic E-state index is 0. The van der Waals surface area contributed by atoms with Crippen LogP contribution in [-0.2, 0) is 11.8 Å². The monoisotopic (exact) mass is 225 g/mol. The Morgan fingerprint density at radius 2 is 1.73 bits per heavy atom. The number of halogens is 1. The lowest BCUT2D eigenvalue weighted by Gasteiger charge is -2.42. The summed E-state index contributed by atoms with van der Waals surface area (Å²) in [6.45, 7) is 6.73. The average Bonchev–Trinajstić information content (AvgIpc) is 2.00. The van der Waals surface area contributed by atoms with Crippen LogP contribution in [0.2, 0.25) is 0 Å². The van der Waals surface area contributed by atoms with Gasteiger partial charge >= 0.3 is 0 Å². The van der Waals surface area contributed by atoms with Crippen molar-refractivity contribution < 1.29 is 0 Å². The van der Waals surface area contributed by atoms with Crippen molar-refractivity contribution in [2.75, 3.05) is 0 Å². The molecule has 0 bridgehead atoms. The SMILES string of the molecule is CC1(N)Cc2ccccc2C(C)(C)C1.Cl. The molecule has 1 aromatic rings. The van der Waals surface area contributed by atoms with E-state index >= 15 is 0 Å². The largest absolute Gasteiger partial charge is 0.325 e. The Balaban J connectivity index is 0.00000112. The van der Waals surface area contributed by atoms with Gasteiger partial charge in [0.05, 0.1) is 0 Å². The second-order valence-electron chi connectivity index (χ2n) is 5.55. The molecule has 2 heteroatoms. The van der Waals surface area contributed by atoms with Crippen molar-refractivity contribution in [3.05, 3.63) is 35.4 Å². The molecule has 0 radical (unpaired) electrons. The standard InChI is InChI=1S/C13H19N.ClH/c1-12(2)9-13(3,14)8-10-6-4-5-7-11(10)12;/h4-7H,8-9,14H2,1-3H3;1H. The predicted molar refractivity (Wildman–Crippen MR) is 67.6 cm³/mol. The third kappa shape index (κ3) is 2.35. The van der Waals surface area contributed by atoms with Crippen LogP contribution in [0, 0.1) is 0 Å². The summed E-state index contributed by atoms with van der Waals surface area (Å²) in [4.78, 5) is 0. The normalized spacial score (nSPS) is 27.7. The highest BCUT2D eigenvalue weighted by Gasteiger charge is 2.37. The second kappa shape index (κ2) is 3.80. The van der Waals surface area contributed by atoms with Crippen LogP contribution in [0.3, 0.4) is 0 Å². The highest BCUT2D eigenvalue weighted by molar-refractivity contribution is 5.85. The van der Waals surface area contributed by atoms with Gasteiger partial charge in [-0.05, 0) is 36.3 Å². The Bertz CT molecular complexity index is 355. The summed E-state index contributed by atoms with van der Waals surface area (Å²) in [7, 11) is 0. The molecule has 1 unspecified atom stereocenters. The molecule has 1 aromatic carbocycles. The molecule has 1 atom stereocenters. The lowest BCUT2D eigenvalue weighted by Crippen LogP contribution is -2.48. The summed E-state index contributed by atoms with van der Waals surface area (Å²) in [5, 5.41) is 0. The maximum atomic E-state index is 6.27. The quantitative estimate of drug-likeness (QED) is 0.722. The van der Waals surface area contributed by atoms with Crippen molar-refractivity contribution in [3.63, 3.8) is 0 Å². The minimum Gasteiger partial charge on any atom is -0.325 e. The van der Waals surface area contributed by atoms with Crippen LogP contribution < -0.4 is 5.73 Å². The van der Waals surface area contributed by atoms with Gasteiger partial charge in [0, 0.05) is 5.54 Å². The molecule has 2 N–H and O–H groups in total. The Morgan fingerprint density at radius 3 is 2.40 bits per heavy atom. The van der Waals surface area contributed by atoms with E-state index in [0.717, 1.165) is 12.8 Å². The van der Waals surface area contributed by atoms with Crippen LogP contribution in [0.15, 0.2) is 24.3 Å². The van der Waals surface area contributed by atoms with E-state index in [9.17, 15) is 0 Å². The predicted octanol–water partition coefficient (Wildman–Crippen LogP) is 3.05. The van der Waals surface area contributed by atoms with Gasteiger partial charge in [-0.2, -0.15) is 0 Å². The fraction of sp³-hybridized carbons (Fsp3) is 0.538. The molecule has 2 rings (SSSR count). The fourth-order valence-electron chi connectivity index (χ4n) is 2.94. The smallest absolute Gasteiger partial charge is 0.0174 e. The van der Waals surface area contributed by atoms with Crippen LogP contribution in [0.1, 0.15) is 38.3 Å². The Hall–Kier alpha value is -0.530. The second-order valence-corrected chi connectivity index (χ2v) is 5.55. The van der Waals surface area contributed by atoms with Gasteiger partial charge < -0.3 is 5.73 Å². The van der Waals surface area contributed by atoms with Gasteiger partial charge in [0.25, 0.3) is 0 Å². The van der Waals surface area contributed by atoms with Gasteiger partial charge in [-0.3, -0.25) is 0 Å². The maximum Gasteiger partial charge on any atom is 0.0174 e. The van der Waals surface area contributed by atoms with Crippen LogP contribution in [0.5, 0.6) is 0 Å². The summed E-state index contributed by atoms with van der Waals surface area (Å²) in [5.41, 5.74) is 9.34. The summed E-state index contributed by atoms with van der Waals surface area (Å²) < 4.78 is 0. The zero-order valence-corrected chi connectivity index (χ0v) is 10.5. The van der Waals surface area contributed by atoms with Crippen LogP contribution >= 0.6 is 12.4 Å². The first kappa shape index (κ1) is 12.5. The number of hydrogen-bond donors (Lipinski definition) is 1. The first-order valence-electron chi connectivity index (χ1n) is 5.28. The molecule has 84 valence electrons. The molecule has 0 saturated heterocycles. The van der Waals surface area contributed by atoms with Crippen molar-refractivity contribution in [2.45, 2.75) is 44.6 Å². The maximum absolute atomic E-state index is 6.27. The molecule has 1 nitrogen and oxygen atoms in total. The Morgan fingerprint density at radius 1 is 1.13 bits per heavy atom. The van der Waals surface area contributed by atoms with Crippen molar-refractivity contribution in [1.29, 1.82) is 0 Å². The third-order valence-electron chi connectivity index (χ3n) is 3.19. The van der Waals surface area contributed by atoms with E-state index < -0.39 is 0 Å². The lowest BCUT2D eigenvalue weighted by atomic mass is 9.66. The Kier molecular flexibility index (Phi) is 3.18. The van der Waals surface area contributed by atoms with Crippen LogP contribution in [-0.4, -0.2) is 5.54 Å². The zero-order chi connectivity index (χ0) is 10.4. The number of benzene rings is 1. The number of hydrogen-bond acceptors (Lipinski definition) is 1. The highest BCUT2D eigenvalue weighted by atomic mass is 35.5. The molecule has 1 aliphatic carbocycles. The van der Waals surface area contributed by atoms with E-state index in [1.54, 1.807) is 0 Å². The van der Waals surface area contributed by atoms with Crippen LogP contribution in [0.25, 0.3) is 0 Å². The summed E-state index contributed by atoms with van der Waals surface area (Å²) in [6, 6.07) is 8.68. The molecule has 1 aliphatic rings. The van der Waals surface area contributed by atoms with Gasteiger partial charge in [-0.15, -0.1) is 12.4 Å². The van der Waals surface area contributed by atoms with Crippen LogP contribution in [0.4, 0.5) is 0 Å². The van der Waals surface area contributed by atoms with Crippen molar-refractivity contribution in [3.8, 4) is 0 Å². The number of rotatable bonds is 0. The molecule has 0 fully saturated rings. The van der Waals surface area contributed by atoms with Gasteiger partial charge in [-0.1, -0.05) is 38.1 Å². The molecule has 0 saturated carbocycles. The fourth-order valence-corrected chi connectivity index (χ4v) is 2.94. The van der Waals surface area contributed by atoms with E-state index in [1.165, 1.54) is 11.1 Å². The topological polar surface area (TPSA) is 26.0 Å². The van der Waals surface area contributed by atoms with Gasteiger partial charge in [0.2, 0.25) is 0 Å². The molecule has 0 amide bonds. The molecule has 15 heavy (non-hydrogen) atoms. The molecular weight excluding hydrogens is 206 g/mol. The van der Waals surface area contributed by atoms with E-state index in [0.29, 0.717) is 0 Å². The Labute approximate surface area is 98.5 Å². The van der Waals surface area contributed by atoms with Crippen molar-refractivity contribution >= 4 is 12.4 Å². The van der Waals surface area contributed by atoms with E-state index in [-0.39, 0.29) is 23.4 Å². The highest BCUT2D eigenvalue weighted by Crippen LogP contribution is 2.39. The van der Waals surface area contributed by atoms with Crippen molar-refractivity contribution in [2.24, 2.45) is 5.73 Å². The van der Waals surface area contributed by atoms with E-state index in [4.69, 9.17) is 5.73 Å². The molecule has 0 aliphatic heterocycles. The first-order chi connectivity index (χ1) is 6.41. The summed E-state index contributed by atoms with van der Waals surface area (Å²) in [5.74, 6) is 0. The van der Waals surface area contributed by atoms with E-state index in [1.807, 2.05) is 0 Å². The van der Waals surface area contributed by atoms with Crippen molar-refractivity contribution in [1.82, 2.24) is 0 Å². The summed E-state index contributed by atoms with van der Waals surface area (Å²) >= 11 is 0. The van der Waals surface area contributed by atoms with Gasteiger partial charge in [0.15, 0.2) is 0 Å². The molecular formula is C13H20ClN.